The fraction of sp³-hybridized carbons (Fsp3) is 0.786. The molecule has 0 aliphatic heterocycles. The van der Waals surface area contributed by atoms with Gasteiger partial charge >= 0.3 is 0 Å². The third-order valence-electron chi connectivity index (χ3n) is 3.39. The van der Waals surface area contributed by atoms with Crippen molar-refractivity contribution in [3.8, 4) is 0 Å². The zero-order valence-corrected chi connectivity index (χ0v) is 13.2. The number of hydrogen-bond donors (Lipinski definition) is 1. The zero-order chi connectivity index (χ0) is 13.6. The molecule has 1 aromatic heterocycles. The van der Waals surface area contributed by atoms with E-state index in [-0.39, 0.29) is 4.75 Å². The Bertz CT molecular complexity index is 343. The minimum atomic E-state index is 0.290. The average Bonchev–Trinajstić information content (AvgIpc) is 2.79. The maximum absolute atomic E-state index is 4.65. The van der Waals surface area contributed by atoms with Gasteiger partial charge in [-0.1, -0.05) is 13.8 Å². The predicted molar refractivity (Wildman–Crippen MR) is 81.1 cm³/mol. The Morgan fingerprint density at radius 3 is 2.61 bits per heavy atom. The lowest BCUT2D eigenvalue weighted by atomic mass is 10.2. The number of aromatic nitrogens is 2. The normalized spacial score (nSPS) is 12.3. The lowest BCUT2D eigenvalue weighted by molar-refractivity contribution is 0.423. The van der Waals surface area contributed by atoms with E-state index in [9.17, 15) is 0 Å². The summed E-state index contributed by atoms with van der Waals surface area (Å²) in [5, 5.41) is 8.13. The van der Waals surface area contributed by atoms with E-state index in [1.54, 1.807) is 0 Å². The Balaban J connectivity index is 2.45. The molecule has 0 atom stereocenters. The first-order chi connectivity index (χ1) is 8.52. The molecule has 1 heterocycles. The van der Waals surface area contributed by atoms with Gasteiger partial charge in [-0.25, -0.2) is 0 Å². The Kier molecular flexibility index (Phi) is 6.22. The van der Waals surface area contributed by atoms with Crippen molar-refractivity contribution in [3.05, 3.63) is 18.0 Å². The molecule has 0 unspecified atom stereocenters. The predicted octanol–water partition coefficient (Wildman–Crippen LogP) is 3.48. The van der Waals surface area contributed by atoms with Crippen LogP contribution in [0.1, 0.15) is 52.3 Å². The lowest BCUT2D eigenvalue weighted by Gasteiger charge is -2.22. The second-order valence-corrected chi connectivity index (χ2v) is 6.84. The molecule has 0 radical (unpaired) electrons. The molecule has 0 saturated heterocycles. The van der Waals surface area contributed by atoms with E-state index in [1.165, 1.54) is 0 Å². The Morgan fingerprint density at radius 1 is 1.39 bits per heavy atom. The van der Waals surface area contributed by atoms with Crippen molar-refractivity contribution < 1.29 is 0 Å². The van der Waals surface area contributed by atoms with Gasteiger partial charge < -0.3 is 5.32 Å². The summed E-state index contributed by atoms with van der Waals surface area (Å²) >= 11 is 1.89. The van der Waals surface area contributed by atoms with E-state index in [0.717, 1.165) is 31.6 Å². The Labute approximate surface area is 116 Å². The highest BCUT2D eigenvalue weighted by molar-refractivity contribution is 7.99. The molecular weight excluding hydrogens is 242 g/mol. The van der Waals surface area contributed by atoms with Crippen LogP contribution >= 0.6 is 11.8 Å². The molecule has 0 aliphatic rings. The first-order valence-corrected chi connectivity index (χ1v) is 8.04. The zero-order valence-electron chi connectivity index (χ0n) is 12.4. The van der Waals surface area contributed by atoms with Gasteiger partial charge in [-0.3, -0.25) is 4.68 Å². The molecule has 1 N–H and O–H groups in total. The second kappa shape index (κ2) is 7.19. The molecule has 4 heteroatoms. The lowest BCUT2D eigenvalue weighted by Crippen LogP contribution is -2.31. The highest BCUT2D eigenvalue weighted by Crippen LogP contribution is 2.19. The van der Waals surface area contributed by atoms with Crippen molar-refractivity contribution in [2.45, 2.75) is 57.9 Å². The summed E-state index contributed by atoms with van der Waals surface area (Å²) in [6, 6.07) is 2.67. The van der Waals surface area contributed by atoms with Crippen LogP contribution < -0.4 is 5.32 Å². The monoisotopic (exact) mass is 269 g/mol. The first-order valence-electron chi connectivity index (χ1n) is 6.82. The van der Waals surface area contributed by atoms with Crippen molar-refractivity contribution in [3.63, 3.8) is 0 Å². The second-order valence-electron chi connectivity index (χ2n) is 5.32. The molecule has 0 aromatic carbocycles. The van der Waals surface area contributed by atoms with Crippen LogP contribution in [-0.2, 0) is 6.54 Å². The molecule has 0 bridgehead atoms. The van der Waals surface area contributed by atoms with E-state index < -0.39 is 0 Å². The maximum atomic E-state index is 4.65. The molecule has 0 fully saturated rings. The van der Waals surface area contributed by atoms with Gasteiger partial charge in [-0.05, 0) is 39.0 Å². The molecule has 18 heavy (non-hydrogen) atoms. The molecule has 1 rings (SSSR count). The maximum Gasteiger partial charge on any atom is 0.0762 e. The molecule has 0 aliphatic carbocycles. The third-order valence-corrected chi connectivity index (χ3v) is 4.64. The number of rotatable bonds is 8. The van der Waals surface area contributed by atoms with Crippen LogP contribution in [0.4, 0.5) is 0 Å². The van der Waals surface area contributed by atoms with Crippen LogP contribution in [0, 0.1) is 0 Å². The minimum Gasteiger partial charge on any atom is -0.310 e. The molecular formula is C14H27N3S. The quantitative estimate of drug-likeness (QED) is 0.783. The van der Waals surface area contributed by atoms with Gasteiger partial charge in [0.1, 0.15) is 0 Å². The molecule has 0 spiro atoms. The van der Waals surface area contributed by atoms with E-state index in [1.807, 2.05) is 11.8 Å². The largest absolute Gasteiger partial charge is 0.310 e. The van der Waals surface area contributed by atoms with E-state index >= 15 is 0 Å². The Hall–Kier alpha value is -0.480. The van der Waals surface area contributed by atoms with Gasteiger partial charge in [0.2, 0.25) is 0 Å². The summed E-state index contributed by atoms with van der Waals surface area (Å²) in [5.41, 5.74) is 1.14. The summed E-state index contributed by atoms with van der Waals surface area (Å²) in [6.07, 6.45) is 6.55. The SMILES string of the molecule is CCC(CC)n1ccc(CNCC(C)(C)SC)n1. The topological polar surface area (TPSA) is 29.9 Å². The van der Waals surface area contributed by atoms with Crippen LogP contribution in [0.5, 0.6) is 0 Å². The van der Waals surface area contributed by atoms with Crippen LogP contribution in [-0.4, -0.2) is 27.3 Å². The fourth-order valence-corrected chi connectivity index (χ4v) is 2.15. The van der Waals surface area contributed by atoms with E-state index in [2.05, 4.69) is 61.3 Å². The van der Waals surface area contributed by atoms with Crippen molar-refractivity contribution in [2.24, 2.45) is 0 Å². The van der Waals surface area contributed by atoms with Gasteiger partial charge in [0.05, 0.1) is 11.7 Å². The smallest absolute Gasteiger partial charge is 0.0762 e. The van der Waals surface area contributed by atoms with Gasteiger partial charge in [-0.2, -0.15) is 16.9 Å². The number of nitrogens with zero attached hydrogens (tertiary/aromatic N) is 2. The number of hydrogen-bond acceptors (Lipinski definition) is 3. The van der Waals surface area contributed by atoms with Crippen LogP contribution in [0.3, 0.4) is 0 Å². The molecule has 1 aromatic rings. The van der Waals surface area contributed by atoms with Gasteiger partial charge in [0.15, 0.2) is 0 Å². The Morgan fingerprint density at radius 2 is 2.06 bits per heavy atom. The van der Waals surface area contributed by atoms with Crippen molar-refractivity contribution in [1.29, 1.82) is 0 Å². The minimum absolute atomic E-state index is 0.290. The van der Waals surface area contributed by atoms with Crippen molar-refractivity contribution in [2.75, 3.05) is 12.8 Å². The summed E-state index contributed by atoms with van der Waals surface area (Å²) < 4.78 is 2.40. The van der Waals surface area contributed by atoms with Crippen LogP contribution in [0.25, 0.3) is 0 Å². The van der Waals surface area contributed by atoms with Gasteiger partial charge in [0.25, 0.3) is 0 Å². The average molecular weight is 269 g/mol. The highest BCUT2D eigenvalue weighted by Gasteiger charge is 2.15. The first kappa shape index (κ1) is 15.6. The van der Waals surface area contributed by atoms with Gasteiger partial charge in [0, 0.05) is 24.0 Å². The number of nitrogens with one attached hydrogen (secondary N) is 1. The van der Waals surface area contributed by atoms with Gasteiger partial charge in [-0.15, -0.1) is 0 Å². The van der Waals surface area contributed by atoms with Crippen LogP contribution in [0.15, 0.2) is 12.3 Å². The molecule has 0 amide bonds. The summed E-state index contributed by atoms with van der Waals surface area (Å²) in [6.45, 7) is 10.8. The summed E-state index contributed by atoms with van der Waals surface area (Å²) in [7, 11) is 0. The molecule has 0 saturated carbocycles. The number of thioether (sulfide) groups is 1. The fourth-order valence-electron chi connectivity index (χ4n) is 1.90. The molecule has 3 nitrogen and oxygen atoms in total. The third kappa shape index (κ3) is 4.65. The molecule has 104 valence electrons. The van der Waals surface area contributed by atoms with E-state index in [0.29, 0.717) is 6.04 Å². The van der Waals surface area contributed by atoms with E-state index in [4.69, 9.17) is 0 Å². The van der Waals surface area contributed by atoms with Crippen LogP contribution in [0.2, 0.25) is 0 Å². The van der Waals surface area contributed by atoms with Crippen molar-refractivity contribution >= 4 is 11.8 Å². The summed E-state index contributed by atoms with van der Waals surface area (Å²) in [4.78, 5) is 0. The highest BCUT2D eigenvalue weighted by atomic mass is 32.2. The van der Waals surface area contributed by atoms with Crippen molar-refractivity contribution in [1.82, 2.24) is 15.1 Å². The standard InChI is InChI=1S/C14H27N3S/c1-6-13(7-2)17-9-8-12(16-17)10-15-11-14(3,4)18-5/h8-9,13,15H,6-7,10-11H2,1-5H3. The summed E-state index contributed by atoms with van der Waals surface area (Å²) in [5.74, 6) is 0.